The van der Waals surface area contributed by atoms with Crippen molar-refractivity contribution in [1.29, 1.82) is 0 Å². The smallest absolute Gasteiger partial charge is 0.213 e. The van der Waals surface area contributed by atoms with Crippen LogP contribution in [0.4, 0.5) is 0 Å². The number of fused-ring (bicyclic) bond motifs is 1. The van der Waals surface area contributed by atoms with E-state index in [0.717, 1.165) is 48.9 Å². The zero-order chi connectivity index (χ0) is 20.5. The molecule has 2 aromatic heterocycles. The van der Waals surface area contributed by atoms with E-state index in [9.17, 15) is 5.11 Å². The van der Waals surface area contributed by atoms with Crippen LogP contribution in [0, 0.1) is 11.8 Å². The average Bonchev–Trinajstić information content (AvgIpc) is 3.36. The van der Waals surface area contributed by atoms with Crippen LogP contribution in [0.5, 0.6) is 11.6 Å². The van der Waals surface area contributed by atoms with Gasteiger partial charge in [-0.1, -0.05) is 11.6 Å². The standard InChI is InChI=1S/C23H23N5O2/c1-30-23-10-16(4-5-25-23)15-2-3-19(21(29)9-15)20-13-26-22(28-27-20)8-14-6-17-11-24-12-18(17)7-14/h2-5,8-10,13,17-18,24,29H,6-7,11-12H2,1H3/b14-8-/t17-,18+/m1/s1. The Labute approximate surface area is 174 Å². The summed E-state index contributed by atoms with van der Waals surface area (Å²) in [6, 6.07) is 9.14. The van der Waals surface area contributed by atoms with E-state index in [-0.39, 0.29) is 5.75 Å². The van der Waals surface area contributed by atoms with Crippen LogP contribution in [0.25, 0.3) is 28.5 Å². The summed E-state index contributed by atoms with van der Waals surface area (Å²) in [5.74, 6) is 2.78. The van der Waals surface area contributed by atoms with Gasteiger partial charge >= 0.3 is 0 Å². The third-order valence-electron chi connectivity index (χ3n) is 5.99. The van der Waals surface area contributed by atoms with Crippen LogP contribution < -0.4 is 10.1 Å². The normalized spacial score (nSPS) is 21.7. The second-order valence-corrected chi connectivity index (χ2v) is 7.91. The third-order valence-corrected chi connectivity index (χ3v) is 5.99. The summed E-state index contributed by atoms with van der Waals surface area (Å²) in [5.41, 5.74) is 4.31. The Kier molecular flexibility index (Phi) is 4.88. The largest absolute Gasteiger partial charge is 0.507 e. The zero-order valence-corrected chi connectivity index (χ0v) is 16.7. The number of hydrogen-bond acceptors (Lipinski definition) is 7. The van der Waals surface area contributed by atoms with Crippen LogP contribution >= 0.6 is 0 Å². The van der Waals surface area contributed by atoms with E-state index in [1.165, 1.54) is 5.57 Å². The summed E-state index contributed by atoms with van der Waals surface area (Å²) in [4.78, 5) is 8.57. The van der Waals surface area contributed by atoms with Gasteiger partial charge in [0.25, 0.3) is 0 Å². The number of pyridine rings is 1. The minimum atomic E-state index is 0.126. The maximum atomic E-state index is 10.6. The van der Waals surface area contributed by atoms with E-state index in [4.69, 9.17) is 4.74 Å². The fourth-order valence-corrected chi connectivity index (χ4v) is 4.42. The molecule has 2 atom stereocenters. The first-order valence-electron chi connectivity index (χ1n) is 10.1. The summed E-state index contributed by atoms with van der Waals surface area (Å²) in [5, 5.41) is 22.6. The third kappa shape index (κ3) is 3.64. The van der Waals surface area contributed by atoms with Gasteiger partial charge in [0.15, 0.2) is 5.82 Å². The van der Waals surface area contributed by atoms with Gasteiger partial charge in [-0.15, -0.1) is 10.2 Å². The van der Waals surface area contributed by atoms with Crippen molar-refractivity contribution in [2.75, 3.05) is 20.2 Å². The first-order valence-corrected chi connectivity index (χ1v) is 10.1. The number of hydrogen-bond donors (Lipinski definition) is 2. The molecule has 5 rings (SSSR count). The van der Waals surface area contributed by atoms with Gasteiger partial charge in [-0.05, 0) is 73.2 Å². The van der Waals surface area contributed by atoms with Crippen LogP contribution in [-0.2, 0) is 0 Å². The Morgan fingerprint density at radius 1 is 1.03 bits per heavy atom. The van der Waals surface area contributed by atoms with Crippen LogP contribution in [0.15, 0.2) is 48.3 Å². The zero-order valence-electron chi connectivity index (χ0n) is 16.7. The lowest BCUT2D eigenvalue weighted by atomic mass is 10.0. The number of rotatable bonds is 4. The Balaban J connectivity index is 1.35. The first-order chi connectivity index (χ1) is 14.7. The second kappa shape index (κ2) is 7.84. The fraction of sp³-hybridized carbons (Fsp3) is 0.304. The highest BCUT2D eigenvalue weighted by Gasteiger charge is 2.34. The van der Waals surface area contributed by atoms with Gasteiger partial charge in [0.05, 0.1) is 13.3 Å². The number of nitrogens with one attached hydrogen (secondary N) is 1. The number of aromatic hydroxyl groups is 1. The first kappa shape index (κ1) is 18.7. The van der Waals surface area contributed by atoms with Gasteiger partial charge in [0.1, 0.15) is 11.4 Å². The second-order valence-electron chi connectivity index (χ2n) is 7.91. The number of benzene rings is 1. The minimum Gasteiger partial charge on any atom is -0.507 e. The topological polar surface area (TPSA) is 93.0 Å². The number of nitrogens with zero attached hydrogens (tertiary/aromatic N) is 4. The lowest BCUT2D eigenvalue weighted by Gasteiger charge is -2.08. The molecule has 0 amide bonds. The fourth-order valence-electron chi connectivity index (χ4n) is 4.42. The van der Waals surface area contributed by atoms with Crippen molar-refractivity contribution < 1.29 is 9.84 Å². The molecule has 1 aromatic carbocycles. The molecule has 7 nitrogen and oxygen atoms in total. The summed E-state index contributed by atoms with van der Waals surface area (Å²) in [7, 11) is 1.58. The van der Waals surface area contributed by atoms with E-state index < -0.39 is 0 Å². The molecule has 2 aliphatic rings. The summed E-state index contributed by atoms with van der Waals surface area (Å²) < 4.78 is 5.17. The SMILES string of the molecule is COc1cc(-c2ccc(-c3cnc(/C=C4\C[C@H]5CNC[C@H]5C4)nn3)c(O)c2)ccn1. The molecule has 0 unspecified atom stereocenters. The van der Waals surface area contributed by atoms with E-state index >= 15 is 0 Å². The van der Waals surface area contributed by atoms with Gasteiger partial charge in [-0.2, -0.15) is 0 Å². The molecule has 1 aliphatic carbocycles. The van der Waals surface area contributed by atoms with Gasteiger partial charge in [-0.25, -0.2) is 9.97 Å². The van der Waals surface area contributed by atoms with Gasteiger partial charge in [-0.3, -0.25) is 0 Å². The average molecular weight is 401 g/mol. The Hall–Kier alpha value is -3.32. The summed E-state index contributed by atoms with van der Waals surface area (Å²) in [6.07, 6.45) is 7.64. The number of ether oxygens (including phenoxy) is 1. The van der Waals surface area contributed by atoms with E-state index in [1.807, 2.05) is 24.3 Å². The molecule has 3 heterocycles. The summed E-state index contributed by atoms with van der Waals surface area (Å²) >= 11 is 0. The number of phenols is 1. The molecule has 2 fully saturated rings. The molecule has 30 heavy (non-hydrogen) atoms. The lowest BCUT2D eigenvalue weighted by molar-refractivity contribution is 0.398. The summed E-state index contributed by atoms with van der Waals surface area (Å²) in [6.45, 7) is 2.23. The van der Waals surface area contributed by atoms with Gasteiger partial charge < -0.3 is 15.2 Å². The minimum absolute atomic E-state index is 0.126. The molecule has 2 N–H and O–H groups in total. The highest BCUT2D eigenvalue weighted by atomic mass is 16.5. The molecular formula is C23H23N5O2. The Bertz CT molecular complexity index is 1080. The van der Waals surface area contributed by atoms with Crippen LogP contribution in [0.3, 0.4) is 0 Å². The molecule has 7 heteroatoms. The van der Waals surface area contributed by atoms with Crippen molar-refractivity contribution in [3.63, 3.8) is 0 Å². The van der Waals surface area contributed by atoms with Gasteiger partial charge in [0.2, 0.25) is 5.88 Å². The van der Waals surface area contributed by atoms with Crippen molar-refractivity contribution in [3.8, 4) is 34.0 Å². The number of aromatic nitrogens is 4. The van der Waals surface area contributed by atoms with Crippen molar-refractivity contribution in [2.24, 2.45) is 11.8 Å². The molecular weight excluding hydrogens is 378 g/mol. The van der Waals surface area contributed by atoms with Crippen molar-refractivity contribution in [2.45, 2.75) is 12.8 Å². The van der Waals surface area contributed by atoms with Crippen molar-refractivity contribution in [1.82, 2.24) is 25.5 Å². The maximum Gasteiger partial charge on any atom is 0.213 e. The molecule has 1 aliphatic heterocycles. The van der Waals surface area contributed by atoms with E-state index in [1.54, 1.807) is 25.6 Å². The van der Waals surface area contributed by atoms with Gasteiger partial charge in [0, 0.05) is 17.8 Å². The van der Waals surface area contributed by atoms with Crippen molar-refractivity contribution >= 4 is 6.08 Å². The van der Waals surface area contributed by atoms with Crippen LogP contribution in [0.1, 0.15) is 18.7 Å². The monoisotopic (exact) mass is 401 g/mol. The van der Waals surface area contributed by atoms with Crippen molar-refractivity contribution in [3.05, 3.63) is 54.1 Å². The molecule has 1 saturated heterocycles. The predicted molar refractivity (Wildman–Crippen MR) is 114 cm³/mol. The van der Waals surface area contributed by atoms with Crippen LogP contribution in [-0.4, -0.2) is 45.5 Å². The van der Waals surface area contributed by atoms with E-state index in [0.29, 0.717) is 23.0 Å². The van der Waals surface area contributed by atoms with Crippen LogP contribution in [0.2, 0.25) is 0 Å². The molecule has 0 radical (unpaired) electrons. The number of allylic oxidation sites excluding steroid dienone is 1. The molecule has 0 spiro atoms. The van der Waals surface area contributed by atoms with E-state index in [2.05, 4.69) is 31.6 Å². The lowest BCUT2D eigenvalue weighted by Crippen LogP contribution is -2.09. The molecule has 3 aromatic rings. The number of methoxy groups -OCH3 is 1. The Morgan fingerprint density at radius 3 is 2.53 bits per heavy atom. The molecule has 1 saturated carbocycles. The number of phenolic OH excluding ortho intramolecular Hbond substituents is 1. The highest BCUT2D eigenvalue weighted by molar-refractivity contribution is 5.74. The maximum absolute atomic E-state index is 10.6. The quantitative estimate of drug-likeness (QED) is 0.693. The Morgan fingerprint density at radius 2 is 1.83 bits per heavy atom. The molecule has 152 valence electrons. The molecule has 0 bridgehead atoms. The predicted octanol–water partition coefficient (Wildman–Crippen LogP) is 3.33. The highest BCUT2D eigenvalue weighted by Crippen LogP contribution is 2.38.